The molecule has 0 saturated heterocycles. The first-order chi connectivity index (χ1) is 14.4. The van der Waals surface area contributed by atoms with Crippen LogP contribution in [0.2, 0.25) is 5.02 Å². The average molecular weight is 493 g/mol. The van der Waals surface area contributed by atoms with Crippen molar-refractivity contribution in [3.63, 3.8) is 0 Å². The Hall–Kier alpha value is -2.38. The highest BCUT2D eigenvalue weighted by molar-refractivity contribution is 9.10. The van der Waals surface area contributed by atoms with Gasteiger partial charge in [-0.3, -0.25) is 4.79 Å². The molecule has 2 aromatic carbocycles. The lowest BCUT2D eigenvalue weighted by molar-refractivity contribution is -0.134. The minimum Gasteiger partial charge on any atom is -0.494 e. The number of hydrogen-bond acceptors (Lipinski definition) is 5. The first kappa shape index (κ1) is 22.3. The molecule has 3 rings (SSSR count). The zero-order chi connectivity index (χ0) is 21.5. The van der Waals surface area contributed by atoms with Gasteiger partial charge in [0.15, 0.2) is 0 Å². The van der Waals surface area contributed by atoms with Crippen LogP contribution in [-0.4, -0.2) is 33.7 Å². The van der Waals surface area contributed by atoms with E-state index >= 15 is 0 Å². The highest BCUT2D eigenvalue weighted by Gasteiger charge is 2.21. The quantitative estimate of drug-likeness (QED) is 0.356. The number of amides is 1. The number of ether oxygens (including phenoxy) is 1. The van der Waals surface area contributed by atoms with Gasteiger partial charge in [-0.1, -0.05) is 45.7 Å². The van der Waals surface area contributed by atoms with Crippen molar-refractivity contribution < 1.29 is 13.9 Å². The van der Waals surface area contributed by atoms with Crippen molar-refractivity contribution in [1.82, 2.24) is 15.1 Å². The van der Waals surface area contributed by atoms with Gasteiger partial charge in [0.2, 0.25) is 17.7 Å². The molecule has 0 atom stereocenters. The average Bonchev–Trinajstić information content (AvgIpc) is 3.18. The monoisotopic (exact) mass is 491 g/mol. The van der Waals surface area contributed by atoms with Crippen LogP contribution in [0.4, 0.5) is 0 Å². The van der Waals surface area contributed by atoms with E-state index in [0.717, 1.165) is 10.2 Å². The molecule has 30 heavy (non-hydrogen) atoms. The van der Waals surface area contributed by atoms with Gasteiger partial charge in [0.05, 0.1) is 23.7 Å². The zero-order valence-corrected chi connectivity index (χ0v) is 19.2. The van der Waals surface area contributed by atoms with Gasteiger partial charge in [0.1, 0.15) is 5.75 Å². The van der Waals surface area contributed by atoms with E-state index in [1.807, 2.05) is 56.3 Å². The van der Waals surface area contributed by atoms with Gasteiger partial charge in [-0.25, -0.2) is 0 Å². The molecule has 0 aliphatic heterocycles. The summed E-state index contributed by atoms with van der Waals surface area (Å²) in [6.45, 7) is 4.63. The standard InChI is InChI=1S/C22H23BrClN3O3/c1-15(2)27(21(28)11-6-12-29-17-8-5-7-16(23)13-17)14-20-25-26-22(30-20)18-9-3-4-10-19(18)24/h3-5,7-10,13,15H,6,11-12,14H2,1-2H3. The van der Waals surface area contributed by atoms with Gasteiger partial charge < -0.3 is 14.1 Å². The van der Waals surface area contributed by atoms with E-state index in [2.05, 4.69) is 26.1 Å². The molecule has 3 aromatic rings. The van der Waals surface area contributed by atoms with E-state index in [0.29, 0.717) is 41.8 Å². The maximum absolute atomic E-state index is 12.7. The summed E-state index contributed by atoms with van der Waals surface area (Å²) < 4.78 is 12.4. The first-order valence-electron chi connectivity index (χ1n) is 9.69. The minimum absolute atomic E-state index is 0.000777. The Bertz CT molecular complexity index is 993. The van der Waals surface area contributed by atoms with E-state index in [1.165, 1.54) is 0 Å². The van der Waals surface area contributed by atoms with Crippen LogP contribution in [0, 0.1) is 0 Å². The SMILES string of the molecule is CC(C)N(Cc1nnc(-c2ccccc2Cl)o1)C(=O)CCCOc1cccc(Br)c1. The van der Waals surface area contributed by atoms with Gasteiger partial charge >= 0.3 is 0 Å². The Balaban J connectivity index is 1.55. The molecule has 0 fully saturated rings. The Morgan fingerprint density at radius 3 is 2.73 bits per heavy atom. The third-order valence-corrected chi connectivity index (χ3v) is 5.24. The summed E-state index contributed by atoms with van der Waals surface area (Å²) in [6, 6.07) is 14.9. The number of aromatic nitrogens is 2. The normalized spacial score (nSPS) is 11.0. The highest BCUT2D eigenvalue weighted by Crippen LogP contribution is 2.26. The molecule has 0 saturated carbocycles. The summed E-state index contributed by atoms with van der Waals surface area (Å²) in [7, 11) is 0. The molecule has 0 spiro atoms. The van der Waals surface area contributed by atoms with E-state index in [-0.39, 0.29) is 18.5 Å². The molecular weight excluding hydrogens is 470 g/mol. The second kappa shape index (κ2) is 10.6. The Morgan fingerprint density at radius 2 is 2.00 bits per heavy atom. The van der Waals surface area contributed by atoms with Crippen LogP contribution in [0.25, 0.3) is 11.5 Å². The summed E-state index contributed by atoms with van der Waals surface area (Å²) in [6.07, 6.45) is 0.987. The highest BCUT2D eigenvalue weighted by atomic mass is 79.9. The van der Waals surface area contributed by atoms with Crippen molar-refractivity contribution in [3.05, 3.63) is 63.9 Å². The van der Waals surface area contributed by atoms with Crippen LogP contribution in [0.3, 0.4) is 0 Å². The van der Waals surface area contributed by atoms with Crippen molar-refractivity contribution in [1.29, 1.82) is 0 Å². The summed E-state index contributed by atoms with van der Waals surface area (Å²) >= 11 is 9.61. The number of hydrogen-bond donors (Lipinski definition) is 0. The van der Waals surface area contributed by atoms with Gasteiger partial charge in [-0.2, -0.15) is 0 Å². The second-order valence-electron chi connectivity index (χ2n) is 7.01. The number of rotatable bonds is 9. The van der Waals surface area contributed by atoms with Gasteiger partial charge in [-0.15, -0.1) is 10.2 Å². The lowest BCUT2D eigenvalue weighted by Gasteiger charge is -2.25. The predicted molar refractivity (Wildman–Crippen MR) is 119 cm³/mol. The summed E-state index contributed by atoms with van der Waals surface area (Å²) in [5.74, 6) is 1.50. The van der Waals surface area contributed by atoms with E-state index in [1.54, 1.807) is 11.0 Å². The van der Waals surface area contributed by atoms with Crippen LogP contribution in [-0.2, 0) is 11.3 Å². The minimum atomic E-state index is -0.000777. The summed E-state index contributed by atoms with van der Waals surface area (Å²) in [5, 5.41) is 8.69. The maximum Gasteiger partial charge on any atom is 0.249 e. The summed E-state index contributed by atoms with van der Waals surface area (Å²) in [5.41, 5.74) is 0.671. The Kier molecular flexibility index (Phi) is 7.87. The van der Waals surface area contributed by atoms with Crippen LogP contribution in [0.5, 0.6) is 5.75 Å². The van der Waals surface area contributed by atoms with Crippen LogP contribution in [0.15, 0.2) is 57.4 Å². The van der Waals surface area contributed by atoms with Crippen LogP contribution >= 0.6 is 27.5 Å². The molecule has 0 aliphatic carbocycles. The van der Waals surface area contributed by atoms with Gasteiger partial charge in [0, 0.05) is 16.9 Å². The fourth-order valence-corrected chi connectivity index (χ4v) is 3.47. The van der Waals surface area contributed by atoms with Crippen molar-refractivity contribution >= 4 is 33.4 Å². The van der Waals surface area contributed by atoms with E-state index in [9.17, 15) is 4.79 Å². The molecule has 0 radical (unpaired) electrons. The molecule has 1 amide bonds. The van der Waals surface area contributed by atoms with Crippen molar-refractivity contribution in [2.24, 2.45) is 0 Å². The van der Waals surface area contributed by atoms with E-state index < -0.39 is 0 Å². The lowest BCUT2D eigenvalue weighted by atomic mass is 10.2. The molecule has 6 nitrogen and oxygen atoms in total. The number of benzene rings is 2. The molecule has 0 bridgehead atoms. The lowest BCUT2D eigenvalue weighted by Crippen LogP contribution is -2.36. The van der Waals surface area contributed by atoms with Gasteiger partial charge in [-0.05, 0) is 50.6 Å². The largest absolute Gasteiger partial charge is 0.494 e. The maximum atomic E-state index is 12.7. The van der Waals surface area contributed by atoms with Crippen molar-refractivity contribution in [2.75, 3.05) is 6.61 Å². The molecular formula is C22H23BrClN3O3. The number of carbonyl (C=O) groups is 1. The molecule has 8 heteroatoms. The molecule has 1 heterocycles. The molecule has 1 aromatic heterocycles. The van der Waals surface area contributed by atoms with Crippen LogP contribution in [0.1, 0.15) is 32.6 Å². The molecule has 0 aliphatic rings. The fraction of sp³-hybridized carbons (Fsp3) is 0.318. The first-order valence-corrected chi connectivity index (χ1v) is 10.9. The van der Waals surface area contributed by atoms with Gasteiger partial charge in [0.25, 0.3) is 0 Å². The van der Waals surface area contributed by atoms with Crippen molar-refractivity contribution in [3.8, 4) is 17.2 Å². The van der Waals surface area contributed by atoms with E-state index in [4.69, 9.17) is 20.8 Å². The predicted octanol–water partition coefficient (Wildman–Crippen LogP) is 5.75. The Morgan fingerprint density at radius 1 is 1.20 bits per heavy atom. The summed E-state index contributed by atoms with van der Waals surface area (Å²) in [4.78, 5) is 14.5. The third-order valence-electron chi connectivity index (χ3n) is 4.42. The van der Waals surface area contributed by atoms with Crippen LogP contribution < -0.4 is 4.74 Å². The second-order valence-corrected chi connectivity index (χ2v) is 8.33. The number of halogens is 2. The zero-order valence-electron chi connectivity index (χ0n) is 16.8. The van der Waals surface area contributed by atoms with Crippen molar-refractivity contribution in [2.45, 2.75) is 39.3 Å². The fourth-order valence-electron chi connectivity index (χ4n) is 2.88. The topological polar surface area (TPSA) is 68.5 Å². The Labute approximate surface area is 189 Å². The number of nitrogens with zero attached hydrogens (tertiary/aromatic N) is 3. The molecule has 0 N–H and O–H groups in total. The molecule has 0 unspecified atom stereocenters. The molecule has 158 valence electrons. The number of carbonyl (C=O) groups excluding carboxylic acids is 1. The third kappa shape index (κ3) is 6.06. The smallest absolute Gasteiger partial charge is 0.249 e.